The fourth-order valence-electron chi connectivity index (χ4n) is 4.43. The molecule has 1 N–H and O–H groups in total. The fourth-order valence-corrected chi connectivity index (χ4v) is 4.43. The Morgan fingerprint density at radius 2 is 1.86 bits per heavy atom. The van der Waals surface area contributed by atoms with Crippen molar-refractivity contribution in [2.24, 2.45) is 0 Å². The lowest BCUT2D eigenvalue weighted by molar-refractivity contribution is -0.165. The molecule has 0 bridgehead atoms. The first-order valence-corrected chi connectivity index (χ1v) is 9.63. The smallest absolute Gasteiger partial charge is 0.219 e. The number of nitrogens with one attached hydrogen (secondary N) is 1. The second kappa shape index (κ2) is 6.34. The van der Waals surface area contributed by atoms with Gasteiger partial charge in [0, 0.05) is 38.4 Å². The van der Waals surface area contributed by atoms with Crippen LogP contribution in [0.15, 0.2) is 54.6 Å². The maximum atomic E-state index is 13.4. The standard InChI is InChI=1S/C22H22FN3O2/c1-15(27)25-12-10-22(11-13-25)26-20(18-4-2-3-5-21(18)28-22)14-19(24-26)16-6-8-17(23)9-7-16/h2-9,14,20,24H,10-13H2,1H3/t20-/m0/s1. The van der Waals surface area contributed by atoms with E-state index >= 15 is 0 Å². The van der Waals surface area contributed by atoms with Crippen LogP contribution in [0.2, 0.25) is 0 Å². The monoisotopic (exact) mass is 379 g/mol. The van der Waals surface area contributed by atoms with E-state index < -0.39 is 5.72 Å². The summed E-state index contributed by atoms with van der Waals surface area (Å²) in [5, 5.41) is 2.17. The van der Waals surface area contributed by atoms with Crippen molar-refractivity contribution in [1.82, 2.24) is 15.3 Å². The van der Waals surface area contributed by atoms with Crippen molar-refractivity contribution in [2.75, 3.05) is 13.1 Å². The van der Waals surface area contributed by atoms with Gasteiger partial charge < -0.3 is 15.1 Å². The number of halogens is 1. The lowest BCUT2D eigenvalue weighted by Crippen LogP contribution is -2.63. The van der Waals surface area contributed by atoms with E-state index in [1.54, 1.807) is 19.1 Å². The van der Waals surface area contributed by atoms with E-state index in [0.29, 0.717) is 13.1 Å². The van der Waals surface area contributed by atoms with Gasteiger partial charge in [-0.25, -0.2) is 4.39 Å². The first kappa shape index (κ1) is 17.3. The Balaban J connectivity index is 1.52. The maximum absolute atomic E-state index is 13.4. The highest BCUT2D eigenvalue weighted by Crippen LogP contribution is 2.48. The maximum Gasteiger partial charge on any atom is 0.219 e. The molecule has 1 saturated heterocycles. The molecule has 2 aromatic carbocycles. The normalized spacial score (nSPS) is 22.7. The molecule has 3 heterocycles. The average Bonchev–Trinajstić information content (AvgIpc) is 3.16. The minimum Gasteiger partial charge on any atom is -0.470 e. The van der Waals surface area contributed by atoms with Crippen LogP contribution < -0.4 is 10.2 Å². The molecule has 28 heavy (non-hydrogen) atoms. The number of carbonyl (C=O) groups excluding carboxylic acids is 1. The number of carbonyl (C=O) groups is 1. The molecule has 0 radical (unpaired) electrons. The van der Waals surface area contributed by atoms with Crippen LogP contribution in [-0.2, 0) is 4.79 Å². The number of rotatable bonds is 1. The first-order chi connectivity index (χ1) is 13.6. The van der Waals surface area contributed by atoms with Crippen LogP contribution in [0.25, 0.3) is 5.70 Å². The van der Waals surface area contributed by atoms with Crippen LogP contribution in [0.3, 0.4) is 0 Å². The van der Waals surface area contributed by atoms with Crippen LogP contribution in [0.5, 0.6) is 5.75 Å². The number of likely N-dealkylation sites (tertiary alicyclic amines) is 1. The topological polar surface area (TPSA) is 44.8 Å². The predicted octanol–water partition coefficient (Wildman–Crippen LogP) is 3.46. The van der Waals surface area contributed by atoms with Crippen molar-refractivity contribution in [3.8, 4) is 5.75 Å². The highest BCUT2D eigenvalue weighted by Gasteiger charge is 2.51. The number of piperidine rings is 1. The number of amides is 1. The van der Waals surface area contributed by atoms with Crippen LogP contribution in [0.1, 0.15) is 36.9 Å². The number of benzene rings is 2. The van der Waals surface area contributed by atoms with E-state index in [-0.39, 0.29) is 17.8 Å². The van der Waals surface area contributed by atoms with Gasteiger partial charge in [-0.15, -0.1) is 0 Å². The van der Waals surface area contributed by atoms with E-state index in [9.17, 15) is 9.18 Å². The number of nitrogens with zero attached hydrogens (tertiary/aromatic N) is 2. The molecule has 3 aliphatic rings. The van der Waals surface area contributed by atoms with Crippen molar-refractivity contribution < 1.29 is 13.9 Å². The Morgan fingerprint density at radius 3 is 2.57 bits per heavy atom. The van der Waals surface area contributed by atoms with Gasteiger partial charge in [-0.1, -0.05) is 18.2 Å². The van der Waals surface area contributed by atoms with Crippen LogP contribution >= 0.6 is 0 Å². The Morgan fingerprint density at radius 1 is 1.14 bits per heavy atom. The number of para-hydroxylation sites is 1. The lowest BCUT2D eigenvalue weighted by Gasteiger charge is -2.51. The lowest BCUT2D eigenvalue weighted by atomic mass is 9.93. The largest absolute Gasteiger partial charge is 0.470 e. The SMILES string of the molecule is CC(=O)N1CCC2(CC1)Oc1ccccc1[C@@H]1C=C(c3ccc(F)cc3)NN12. The van der Waals surface area contributed by atoms with Crippen molar-refractivity contribution in [3.63, 3.8) is 0 Å². The third-order valence-electron chi connectivity index (χ3n) is 5.97. The summed E-state index contributed by atoms with van der Waals surface area (Å²) < 4.78 is 19.9. The molecule has 5 rings (SSSR count). The van der Waals surface area contributed by atoms with Crippen LogP contribution in [-0.4, -0.2) is 34.6 Å². The summed E-state index contributed by atoms with van der Waals surface area (Å²) in [6.45, 7) is 2.93. The van der Waals surface area contributed by atoms with E-state index in [4.69, 9.17) is 4.74 Å². The molecule has 0 aromatic heterocycles. The molecular formula is C22H22FN3O2. The number of hydrogen-bond acceptors (Lipinski definition) is 4. The van der Waals surface area contributed by atoms with Crippen molar-refractivity contribution in [3.05, 3.63) is 71.6 Å². The van der Waals surface area contributed by atoms with Gasteiger partial charge >= 0.3 is 0 Å². The van der Waals surface area contributed by atoms with Crippen molar-refractivity contribution in [2.45, 2.75) is 31.5 Å². The van der Waals surface area contributed by atoms with Gasteiger partial charge in [-0.05, 0) is 42.0 Å². The zero-order valence-corrected chi connectivity index (χ0v) is 15.7. The first-order valence-electron chi connectivity index (χ1n) is 9.63. The van der Waals surface area contributed by atoms with Gasteiger partial charge in [0.2, 0.25) is 5.91 Å². The fraction of sp³-hybridized carbons (Fsp3) is 0.318. The van der Waals surface area contributed by atoms with Crippen LogP contribution in [0, 0.1) is 5.82 Å². The molecule has 0 saturated carbocycles. The quantitative estimate of drug-likeness (QED) is 0.824. The zero-order chi connectivity index (χ0) is 19.3. The molecule has 0 unspecified atom stereocenters. The van der Waals surface area contributed by atoms with Crippen molar-refractivity contribution in [1.29, 1.82) is 0 Å². The molecule has 1 amide bonds. The van der Waals surface area contributed by atoms with E-state index in [1.165, 1.54) is 12.1 Å². The summed E-state index contributed by atoms with van der Waals surface area (Å²) in [5.74, 6) is 0.738. The zero-order valence-electron chi connectivity index (χ0n) is 15.7. The van der Waals surface area contributed by atoms with Gasteiger partial charge in [-0.2, -0.15) is 5.01 Å². The van der Waals surface area contributed by atoms with E-state index in [1.807, 2.05) is 23.1 Å². The summed E-state index contributed by atoms with van der Waals surface area (Å²) in [5.41, 5.74) is 5.97. The predicted molar refractivity (Wildman–Crippen MR) is 103 cm³/mol. The van der Waals surface area contributed by atoms with Gasteiger partial charge in [0.25, 0.3) is 0 Å². The summed E-state index contributed by atoms with van der Waals surface area (Å²) in [4.78, 5) is 13.6. The number of hydrogen-bond donors (Lipinski definition) is 1. The van der Waals surface area contributed by atoms with Gasteiger partial charge in [0.05, 0.1) is 11.7 Å². The summed E-state index contributed by atoms with van der Waals surface area (Å²) in [6, 6.07) is 14.6. The summed E-state index contributed by atoms with van der Waals surface area (Å²) in [7, 11) is 0. The number of hydrazine groups is 1. The van der Waals surface area contributed by atoms with Gasteiger partial charge in [-0.3, -0.25) is 4.79 Å². The summed E-state index contributed by atoms with van der Waals surface area (Å²) >= 11 is 0. The molecule has 1 spiro atoms. The molecule has 1 atom stereocenters. The second-order valence-electron chi connectivity index (χ2n) is 7.61. The molecule has 144 valence electrons. The average molecular weight is 379 g/mol. The van der Waals surface area contributed by atoms with E-state index in [0.717, 1.165) is 35.4 Å². The van der Waals surface area contributed by atoms with E-state index in [2.05, 4.69) is 22.6 Å². The minimum absolute atomic E-state index is 0.0221. The Kier molecular flexibility index (Phi) is 3.91. The molecular weight excluding hydrogens is 357 g/mol. The molecule has 3 aliphatic heterocycles. The molecule has 6 heteroatoms. The molecule has 2 aromatic rings. The summed E-state index contributed by atoms with van der Waals surface area (Å²) in [6.07, 6.45) is 3.61. The Hall–Kier alpha value is -2.86. The van der Waals surface area contributed by atoms with Gasteiger partial charge in [0.1, 0.15) is 11.6 Å². The number of ether oxygens (including phenoxy) is 1. The minimum atomic E-state index is -0.525. The van der Waals surface area contributed by atoms with Crippen molar-refractivity contribution >= 4 is 11.6 Å². The number of fused-ring (bicyclic) bond motifs is 4. The third kappa shape index (κ3) is 2.67. The second-order valence-corrected chi connectivity index (χ2v) is 7.61. The highest BCUT2D eigenvalue weighted by molar-refractivity contribution is 5.73. The Bertz CT molecular complexity index is 949. The highest BCUT2D eigenvalue weighted by atomic mass is 19.1. The van der Waals surface area contributed by atoms with Crippen LogP contribution in [0.4, 0.5) is 4.39 Å². The third-order valence-corrected chi connectivity index (χ3v) is 5.97. The Labute approximate surface area is 163 Å². The molecule has 5 nitrogen and oxygen atoms in total. The molecule has 1 fully saturated rings. The van der Waals surface area contributed by atoms with Gasteiger partial charge in [0.15, 0.2) is 5.72 Å². The molecule has 0 aliphatic carbocycles.